The van der Waals surface area contributed by atoms with Gasteiger partial charge in [-0.1, -0.05) is 17.7 Å². The van der Waals surface area contributed by atoms with E-state index in [0.717, 1.165) is 4.90 Å². The molecule has 2 aromatic carbocycles. The van der Waals surface area contributed by atoms with Crippen molar-refractivity contribution in [3.05, 3.63) is 59.1 Å². The van der Waals surface area contributed by atoms with E-state index in [4.69, 9.17) is 39.5 Å². The second kappa shape index (κ2) is 9.71. The fourth-order valence-electron chi connectivity index (χ4n) is 4.07. The second-order valence-corrected chi connectivity index (χ2v) is 9.47. The van der Waals surface area contributed by atoms with E-state index in [1.54, 1.807) is 30.3 Å². The molecule has 1 heterocycles. The number of nitrogens with zero attached hydrogens (tertiary/aromatic N) is 1. The van der Waals surface area contributed by atoms with Crippen molar-refractivity contribution in [3.8, 4) is 0 Å². The Kier molecular flexibility index (Phi) is 6.93. The highest BCUT2D eigenvalue weighted by molar-refractivity contribution is 6.31. The molecule has 4 atom stereocenters. The molecule has 2 aliphatic rings. The number of esters is 1. The molecule has 4 rings (SSSR count). The quantitative estimate of drug-likeness (QED) is 0.370. The van der Waals surface area contributed by atoms with Gasteiger partial charge in [-0.25, -0.2) is 4.79 Å². The Labute approximate surface area is 204 Å². The van der Waals surface area contributed by atoms with Crippen molar-refractivity contribution in [1.82, 2.24) is 0 Å². The lowest BCUT2D eigenvalue weighted by Gasteiger charge is -2.28. The number of hydrogen-bond acceptors (Lipinski definition) is 5. The lowest BCUT2D eigenvalue weighted by Crippen LogP contribution is -2.34. The molecule has 0 bridgehead atoms. The summed E-state index contributed by atoms with van der Waals surface area (Å²) in [5.41, 5.74) is 0.873. The summed E-state index contributed by atoms with van der Waals surface area (Å²) < 4.78 is 5.08. The number of halogens is 3. The third kappa shape index (κ3) is 5.00. The van der Waals surface area contributed by atoms with Gasteiger partial charge in [-0.3, -0.25) is 19.3 Å². The average molecular weight is 510 g/mol. The Balaban J connectivity index is 1.41. The van der Waals surface area contributed by atoms with Gasteiger partial charge in [-0.05, 0) is 55.3 Å². The second-order valence-electron chi connectivity index (χ2n) is 7.91. The number of fused-ring (bicyclic) bond motifs is 1. The molecule has 0 aromatic heterocycles. The van der Waals surface area contributed by atoms with Crippen molar-refractivity contribution in [2.45, 2.75) is 23.6 Å². The van der Waals surface area contributed by atoms with Crippen molar-refractivity contribution in [2.24, 2.45) is 11.8 Å². The molecule has 33 heavy (non-hydrogen) atoms. The zero-order chi connectivity index (χ0) is 23.7. The molecule has 1 aliphatic carbocycles. The van der Waals surface area contributed by atoms with Crippen molar-refractivity contribution in [2.75, 3.05) is 16.8 Å². The number of hydrogen-bond donors (Lipinski definition) is 1. The van der Waals surface area contributed by atoms with Gasteiger partial charge in [0.1, 0.15) is 0 Å². The Hall–Kier alpha value is -2.61. The van der Waals surface area contributed by atoms with E-state index in [2.05, 4.69) is 5.32 Å². The van der Waals surface area contributed by atoms with Gasteiger partial charge in [0.05, 0.1) is 33.8 Å². The number of amides is 3. The van der Waals surface area contributed by atoms with E-state index in [9.17, 15) is 19.2 Å². The van der Waals surface area contributed by atoms with Gasteiger partial charge >= 0.3 is 5.97 Å². The van der Waals surface area contributed by atoms with Crippen molar-refractivity contribution < 1.29 is 23.9 Å². The highest BCUT2D eigenvalue weighted by Crippen LogP contribution is 2.43. The first-order valence-corrected chi connectivity index (χ1v) is 11.5. The summed E-state index contributed by atoms with van der Waals surface area (Å²) in [5.74, 6) is -3.05. The zero-order valence-electron chi connectivity index (χ0n) is 17.2. The van der Waals surface area contributed by atoms with Crippen LogP contribution >= 0.6 is 34.8 Å². The molecule has 1 aliphatic heterocycles. The maximum atomic E-state index is 12.9. The average Bonchev–Trinajstić information content (AvgIpc) is 3.03. The van der Waals surface area contributed by atoms with Crippen molar-refractivity contribution in [3.63, 3.8) is 0 Å². The Bertz CT molecular complexity index is 1080. The van der Waals surface area contributed by atoms with Crippen LogP contribution in [0.1, 0.15) is 23.2 Å². The van der Waals surface area contributed by atoms with E-state index in [-0.39, 0.29) is 33.8 Å². The van der Waals surface area contributed by atoms with Gasteiger partial charge in [0.2, 0.25) is 11.8 Å². The number of benzene rings is 2. The number of anilines is 2. The Morgan fingerprint density at radius 3 is 2.18 bits per heavy atom. The van der Waals surface area contributed by atoms with Gasteiger partial charge in [-0.2, -0.15) is 0 Å². The van der Waals surface area contributed by atoms with Crippen LogP contribution in [-0.4, -0.2) is 41.1 Å². The smallest absolute Gasteiger partial charge is 0.338 e. The van der Waals surface area contributed by atoms with Crippen LogP contribution in [0.2, 0.25) is 5.02 Å². The van der Waals surface area contributed by atoms with Crippen LogP contribution in [0.4, 0.5) is 11.4 Å². The Morgan fingerprint density at radius 2 is 1.58 bits per heavy atom. The van der Waals surface area contributed by atoms with E-state index >= 15 is 0 Å². The van der Waals surface area contributed by atoms with Gasteiger partial charge in [0.15, 0.2) is 6.61 Å². The maximum Gasteiger partial charge on any atom is 0.338 e. The van der Waals surface area contributed by atoms with Gasteiger partial charge in [-0.15, -0.1) is 23.2 Å². The van der Waals surface area contributed by atoms with Crippen LogP contribution in [0.25, 0.3) is 0 Å². The molecular formula is C23H19Cl3N2O5. The van der Waals surface area contributed by atoms with E-state index in [1.165, 1.54) is 18.2 Å². The maximum absolute atomic E-state index is 12.9. The molecule has 10 heteroatoms. The first-order chi connectivity index (χ1) is 15.7. The molecule has 1 saturated carbocycles. The highest BCUT2D eigenvalue weighted by Gasteiger charge is 2.52. The molecule has 1 N–H and O–H groups in total. The number of rotatable bonds is 5. The third-order valence-corrected chi connectivity index (χ3v) is 7.06. The van der Waals surface area contributed by atoms with Gasteiger partial charge in [0, 0.05) is 10.7 Å². The summed E-state index contributed by atoms with van der Waals surface area (Å²) in [6.07, 6.45) is 0.651. The lowest BCUT2D eigenvalue weighted by atomic mass is 9.80. The first-order valence-electron chi connectivity index (χ1n) is 10.2. The number of nitrogens with one attached hydrogen (secondary N) is 1. The minimum absolute atomic E-state index is 0.104. The summed E-state index contributed by atoms with van der Waals surface area (Å²) in [7, 11) is 0. The highest BCUT2D eigenvalue weighted by atomic mass is 35.5. The minimum Gasteiger partial charge on any atom is -0.452 e. The monoisotopic (exact) mass is 508 g/mol. The van der Waals surface area contributed by atoms with Crippen LogP contribution in [0.15, 0.2) is 48.5 Å². The molecule has 0 spiro atoms. The molecular weight excluding hydrogens is 491 g/mol. The SMILES string of the molecule is O=C(COC(=O)c1cccc(N2C(=O)[C@@H]3C[C@H](Cl)[C@@H](Cl)C[C@H]3C2=O)c1)Nc1ccc(Cl)cc1. The number of ether oxygens (including phenoxy) is 1. The molecule has 2 fully saturated rings. The molecule has 1 saturated heterocycles. The van der Waals surface area contributed by atoms with Crippen LogP contribution in [-0.2, 0) is 19.1 Å². The third-order valence-electron chi connectivity index (χ3n) is 5.71. The van der Waals surface area contributed by atoms with E-state index in [1.807, 2.05) is 0 Å². The fraction of sp³-hybridized carbons (Fsp3) is 0.304. The summed E-state index contributed by atoms with van der Waals surface area (Å²) in [6.45, 7) is -0.508. The number of carbonyl (C=O) groups is 4. The van der Waals surface area contributed by atoms with E-state index < -0.39 is 30.3 Å². The topological polar surface area (TPSA) is 92.8 Å². The van der Waals surface area contributed by atoms with Gasteiger partial charge < -0.3 is 10.1 Å². The predicted octanol–water partition coefficient (Wildman–Crippen LogP) is 4.25. The lowest BCUT2D eigenvalue weighted by molar-refractivity contribution is -0.122. The summed E-state index contributed by atoms with van der Waals surface area (Å²) >= 11 is 18.2. The van der Waals surface area contributed by atoms with E-state index in [0.29, 0.717) is 23.6 Å². The van der Waals surface area contributed by atoms with Crippen LogP contribution in [0, 0.1) is 11.8 Å². The standard InChI is InChI=1S/C23H19Cl3N2O5/c24-13-4-6-14(7-5-13)27-20(29)11-33-23(32)12-2-1-3-15(8-12)28-21(30)16-9-18(25)19(26)10-17(16)22(28)31/h1-8,16-19H,9-11H2,(H,27,29)/t16-,17-,18+,19+/m1/s1. The fourth-order valence-corrected chi connectivity index (χ4v) is 4.78. The molecule has 172 valence electrons. The largest absolute Gasteiger partial charge is 0.452 e. The van der Waals surface area contributed by atoms with Crippen LogP contribution in [0.5, 0.6) is 0 Å². The minimum atomic E-state index is -0.763. The van der Waals surface area contributed by atoms with Crippen LogP contribution in [0.3, 0.4) is 0 Å². The number of imide groups is 1. The first kappa shape index (κ1) is 23.5. The molecule has 7 nitrogen and oxygen atoms in total. The van der Waals surface area contributed by atoms with Crippen molar-refractivity contribution >= 4 is 69.9 Å². The summed E-state index contributed by atoms with van der Waals surface area (Å²) in [4.78, 5) is 51.4. The normalized spacial score (nSPS) is 24.4. The summed E-state index contributed by atoms with van der Waals surface area (Å²) in [5, 5.41) is 2.34. The van der Waals surface area contributed by atoms with Gasteiger partial charge in [0.25, 0.3) is 5.91 Å². The molecule has 3 amide bonds. The predicted molar refractivity (Wildman–Crippen MR) is 125 cm³/mol. The number of alkyl halides is 2. The molecule has 0 radical (unpaired) electrons. The number of carbonyl (C=O) groups excluding carboxylic acids is 4. The van der Waals surface area contributed by atoms with Crippen molar-refractivity contribution in [1.29, 1.82) is 0 Å². The molecule has 2 aromatic rings. The Morgan fingerprint density at radius 1 is 0.970 bits per heavy atom. The molecule has 0 unspecified atom stereocenters. The van der Waals surface area contributed by atoms with Crippen LogP contribution < -0.4 is 10.2 Å². The summed E-state index contributed by atoms with van der Waals surface area (Å²) in [6, 6.07) is 12.4. The zero-order valence-corrected chi connectivity index (χ0v) is 19.4.